The molecule has 3 rings (SSSR count). The second kappa shape index (κ2) is 9.35. The monoisotopic (exact) mass is 340 g/mol. The first-order chi connectivity index (χ1) is 12.3. The third-order valence-corrected chi connectivity index (χ3v) is 5.04. The number of carbonyl (C=O) groups excluding carboxylic acids is 1. The lowest BCUT2D eigenvalue weighted by molar-refractivity contribution is -0.136. The van der Waals surface area contributed by atoms with E-state index in [-0.39, 0.29) is 5.92 Å². The van der Waals surface area contributed by atoms with Crippen LogP contribution in [0.5, 0.6) is 0 Å². The molecule has 5 heteroatoms. The highest BCUT2D eigenvalue weighted by Gasteiger charge is 2.25. The van der Waals surface area contributed by atoms with Gasteiger partial charge in [-0.3, -0.25) is 9.78 Å². The van der Waals surface area contributed by atoms with E-state index in [4.69, 9.17) is 0 Å². The Kier molecular flexibility index (Phi) is 6.60. The Morgan fingerprint density at radius 1 is 1.08 bits per heavy atom. The molecule has 1 saturated carbocycles. The summed E-state index contributed by atoms with van der Waals surface area (Å²) in [6, 6.07) is 4.01. The number of amides is 1. The van der Waals surface area contributed by atoms with Gasteiger partial charge in [0.2, 0.25) is 5.91 Å². The molecule has 2 aromatic rings. The van der Waals surface area contributed by atoms with Gasteiger partial charge in [-0.2, -0.15) is 0 Å². The summed E-state index contributed by atoms with van der Waals surface area (Å²) in [4.78, 5) is 23.4. The number of aryl methyl sites for hydroxylation is 1. The lowest BCUT2D eigenvalue weighted by Gasteiger charge is -2.27. The minimum absolute atomic E-state index is 0.206. The van der Waals surface area contributed by atoms with Crippen LogP contribution in [0.25, 0.3) is 0 Å². The van der Waals surface area contributed by atoms with Crippen LogP contribution in [0.1, 0.15) is 50.5 Å². The molecule has 1 aliphatic rings. The van der Waals surface area contributed by atoms with Gasteiger partial charge in [0.15, 0.2) is 0 Å². The van der Waals surface area contributed by atoms with Crippen LogP contribution in [0.2, 0.25) is 0 Å². The number of hydrogen-bond donors (Lipinski definition) is 0. The molecule has 134 valence electrons. The molecule has 2 heterocycles. The summed E-state index contributed by atoms with van der Waals surface area (Å²) in [6.07, 6.45) is 17.2. The maximum absolute atomic E-state index is 13.1. The molecule has 0 bridgehead atoms. The van der Waals surface area contributed by atoms with Crippen LogP contribution < -0.4 is 0 Å². The van der Waals surface area contributed by atoms with Gasteiger partial charge in [-0.25, -0.2) is 4.98 Å². The molecule has 0 N–H and O–H groups in total. The number of nitrogens with zero attached hydrogens (tertiary/aromatic N) is 4. The zero-order valence-electron chi connectivity index (χ0n) is 14.9. The van der Waals surface area contributed by atoms with Crippen LogP contribution in [-0.2, 0) is 17.9 Å². The molecule has 0 atom stereocenters. The lowest BCUT2D eigenvalue weighted by atomic mass is 9.98. The van der Waals surface area contributed by atoms with E-state index in [9.17, 15) is 4.79 Å². The van der Waals surface area contributed by atoms with E-state index in [0.717, 1.165) is 37.9 Å². The molecule has 0 saturated heterocycles. The van der Waals surface area contributed by atoms with Gasteiger partial charge in [0.25, 0.3) is 0 Å². The number of hydrogen-bond acceptors (Lipinski definition) is 3. The van der Waals surface area contributed by atoms with Crippen molar-refractivity contribution >= 4 is 5.91 Å². The summed E-state index contributed by atoms with van der Waals surface area (Å²) in [7, 11) is 0. The molecular weight excluding hydrogens is 312 g/mol. The minimum Gasteiger partial charge on any atom is -0.338 e. The first-order valence-corrected chi connectivity index (χ1v) is 9.46. The number of rotatable bonds is 7. The Hall–Kier alpha value is -2.17. The highest BCUT2D eigenvalue weighted by atomic mass is 16.2. The van der Waals surface area contributed by atoms with Gasteiger partial charge < -0.3 is 9.47 Å². The number of aromatic nitrogens is 3. The van der Waals surface area contributed by atoms with Crippen molar-refractivity contribution in [2.75, 3.05) is 6.54 Å². The predicted octanol–water partition coefficient (Wildman–Crippen LogP) is 3.67. The van der Waals surface area contributed by atoms with E-state index in [0.29, 0.717) is 12.5 Å². The van der Waals surface area contributed by atoms with Gasteiger partial charge in [-0.1, -0.05) is 25.7 Å². The quantitative estimate of drug-likeness (QED) is 0.723. The first-order valence-electron chi connectivity index (χ1n) is 9.46. The van der Waals surface area contributed by atoms with Gasteiger partial charge in [0.1, 0.15) is 0 Å². The molecule has 0 aromatic carbocycles. The molecule has 1 aliphatic carbocycles. The van der Waals surface area contributed by atoms with Crippen molar-refractivity contribution in [2.24, 2.45) is 5.92 Å². The maximum Gasteiger partial charge on any atom is 0.225 e. The summed E-state index contributed by atoms with van der Waals surface area (Å²) in [5, 5.41) is 0. The molecular formula is C20H28N4O. The Labute approximate surface area is 150 Å². The fraction of sp³-hybridized carbons (Fsp3) is 0.550. The number of imidazole rings is 1. The summed E-state index contributed by atoms with van der Waals surface area (Å²) in [6.45, 7) is 2.36. The van der Waals surface area contributed by atoms with Crippen molar-refractivity contribution in [3.63, 3.8) is 0 Å². The predicted molar refractivity (Wildman–Crippen MR) is 97.7 cm³/mol. The number of carbonyl (C=O) groups is 1. The van der Waals surface area contributed by atoms with Crippen molar-refractivity contribution in [3.8, 4) is 0 Å². The highest BCUT2D eigenvalue weighted by molar-refractivity contribution is 5.78. The molecule has 2 aromatic heterocycles. The van der Waals surface area contributed by atoms with Gasteiger partial charge in [0, 0.05) is 50.3 Å². The molecule has 1 amide bonds. The molecule has 1 fully saturated rings. The molecule has 25 heavy (non-hydrogen) atoms. The van der Waals surface area contributed by atoms with Crippen LogP contribution in [0.4, 0.5) is 0 Å². The van der Waals surface area contributed by atoms with E-state index in [1.54, 1.807) is 18.6 Å². The van der Waals surface area contributed by atoms with E-state index >= 15 is 0 Å². The van der Waals surface area contributed by atoms with E-state index in [1.165, 1.54) is 25.7 Å². The number of pyridine rings is 1. The largest absolute Gasteiger partial charge is 0.338 e. The third kappa shape index (κ3) is 5.41. The second-order valence-electron chi connectivity index (χ2n) is 6.96. The van der Waals surface area contributed by atoms with Gasteiger partial charge in [-0.05, 0) is 37.0 Å². The second-order valence-corrected chi connectivity index (χ2v) is 6.96. The average molecular weight is 340 g/mol. The fourth-order valence-electron chi connectivity index (χ4n) is 3.62. The highest BCUT2D eigenvalue weighted by Crippen LogP contribution is 2.25. The standard InChI is InChI=1S/C20H28N4O/c25-20(19-6-3-1-2-4-7-19)24(16-18-8-10-21-11-9-18)14-5-13-23-15-12-22-17-23/h8-12,15,17,19H,1-7,13-14,16H2. The zero-order chi connectivity index (χ0) is 17.3. The topological polar surface area (TPSA) is 51.0 Å². The Morgan fingerprint density at radius 2 is 1.84 bits per heavy atom. The van der Waals surface area contributed by atoms with E-state index < -0.39 is 0 Å². The fourth-order valence-corrected chi connectivity index (χ4v) is 3.62. The third-order valence-electron chi connectivity index (χ3n) is 5.04. The summed E-state index contributed by atoms with van der Waals surface area (Å²) >= 11 is 0. The van der Waals surface area contributed by atoms with Crippen LogP contribution in [0.15, 0.2) is 43.2 Å². The van der Waals surface area contributed by atoms with Crippen molar-refractivity contribution in [1.82, 2.24) is 19.4 Å². The Bertz CT molecular complexity index is 618. The molecule has 0 spiro atoms. The lowest BCUT2D eigenvalue weighted by Crippen LogP contribution is -2.36. The molecule has 0 radical (unpaired) electrons. The van der Waals surface area contributed by atoms with Crippen LogP contribution in [0.3, 0.4) is 0 Å². The first kappa shape index (κ1) is 17.6. The van der Waals surface area contributed by atoms with Gasteiger partial charge in [-0.15, -0.1) is 0 Å². The van der Waals surface area contributed by atoms with Crippen molar-refractivity contribution in [2.45, 2.75) is 58.0 Å². The summed E-state index contributed by atoms with van der Waals surface area (Å²) in [5.41, 5.74) is 1.15. The maximum atomic E-state index is 13.1. The van der Waals surface area contributed by atoms with E-state index in [1.807, 2.05) is 24.7 Å². The molecule has 0 unspecified atom stereocenters. The minimum atomic E-state index is 0.206. The molecule has 0 aliphatic heterocycles. The normalized spacial score (nSPS) is 15.7. The van der Waals surface area contributed by atoms with Gasteiger partial charge in [0.05, 0.1) is 6.33 Å². The van der Waals surface area contributed by atoms with Crippen LogP contribution >= 0.6 is 0 Å². The average Bonchev–Trinajstić information content (AvgIpc) is 3.01. The zero-order valence-corrected chi connectivity index (χ0v) is 14.9. The summed E-state index contributed by atoms with van der Waals surface area (Å²) in [5.74, 6) is 0.543. The Morgan fingerprint density at radius 3 is 2.52 bits per heavy atom. The van der Waals surface area contributed by atoms with Crippen molar-refractivity contribution in [1.29, 1.82) is 0 Å². The van der Waals surface area contributed by atoms with Crippen LogP contribution in [0, 0.1) is 5.92 Å². The molecule has 5 nitrogen and oxygen atoms in total. The smallest absolute Gasteiger partial charge is 0.225 e. The van der Waals surface area contributed by atoms with Gasteiger partial charge >= 0.3 is 0 Å². The van der Waals surface area contributed by atoms with Crippen molar-refractivity contribution in [3.05, 3.63) is 48.8 Å². The van der Waals surface area contributed by atoms with Crippen molar-refractivity contribution < 1.29 is 4.79 Å². The summed E-state index contributed by atoms with van der Waals surface area (Å²) < 4.78 is 2.07. The van der Waals surface area contributed by atoms with E-state index in [2.05, 4.69) is 19.4 Å². The van der Waals surface area contributed by atoms with Crippen LogP contribution in [-0.4, -0.2) is 31.9 Å². The SMILES string of the molecule is O=C(C1CCCCCC1)N(CCCn1ccnc1)Cc1ccncc1. The Balaban J connectivity index is 1.62.